The number of carbonyl (C=O) groups excluding carboxylic acids is 5. The van der Waals surface area contributed by atoms with Crippen LogP contribution in [-0.4, -0.2) is 106 Å². The van der Waals surface area contributed by atoms with Gasteiger partial charge < -0.3 is 50.5 Å². The van der Waals surface area contributed by atoms with Crippen molar-refractivity contribution in [1.29, 1.82) is 0 Å². The van der Waals surface area contributed by atoms with E-state index in [-0.39, 0.29) is 42.3 Å². The summed E-state index contributed by atoms with van der Waals surface area (Å²) in [5.41, 5.74) is 7.39. The van der Waals surface area contributed by atoms with E-state index < -0.39 is 24.3 Å². The normalized spacial score (nSPS) is 16.8. The van der Waals surface area contributed by atoms with Gasteiger partial charge in [-0.25, -0.2) is 24.4 Å². The summed E-state index contributed by atoms with van der Waals surface area (Å²) in [4.78, 5) is 83.8. The number of ether oxygens (including phenoxy) is 2. The number of aromatic nitrogens is 4. The molecule has 0 bridgehead atoms. The van der Waals surface area contributed by atoms with Gasteiger partial charge in [-0.05, 0) is 71.9 Å². The van der Waals surface area contributed by atoms with Gasteiger partial charge in [0, 0.05) is 32.6 Å². The molecule has 342 valence electrons. The molecular formula is C48H58N10O7. The van der Waals surface area contributed by atoms with Crippen LogP contribution in [0, 0.1) is 5.92 Å². The number of hydrogen-bond acceptors (Lipinski definition) is 9. The number of H-pyrrole nitrogens is 2. The second-order valence-electron chi connectivity index (χ2n) is 16.7. The molecule has 0 spiro atoms. The van der Waals surface area contributed by atoms with Crippen molar-refractivity contribution in [3.05, 3.63) is 108 Å². The molecule has 0 aliphatic carbocycles. The second-order valence-corrected chi connectivity index (χ2v) is 16.7. The predicted molar refractivity (Wildman–Crippen MR) is 244 cm³/mol. The molecule has 2 fully saturated rings. The molecule has 3 aromatic carbocycles. The fraction of sp³-hybridized carbons (Fsp3) is 0.396. The van der Waals surface area contributed by atoms with Crippen LogP contribution in [0.4, 0.5) is 14.4 Å². The van der Waals surface area contributed by atoms with Crippen molar-refractivity contribution in [3.63, 3.8) is 0 Å². The first kappa shape index (κ1) is 45.8. The number of hydrogen-bond donors (Lipinski definition) is 6. The van der Waals surface area contributed by atoms with Crippen LogP contribution in [0.2, 0.25) is 0 Å². The molecule has 6 N–H and O–H groups in total. The van der Waals surface area contributed by atoms with E-state index in [9.17, 15) is 24.0 Å². The molecular weight excluding hydrogens is 829 g/mol. The third-order valence-corrected chi connectivity index (χ3v) is 12.0. The maximum atomic E-state index is 14.1. The summed E-state index contributed by atoms with van der Waals surface area (Å²) >= 11 is 0. The Labute approximate surface area is 378 Å². The average molecular weight is 887 g/mol. The van der Waals surface area contributed by atoms with Crippen molar-refractivity contribution in [2.75, 3.05) is 33.9 Å². The van der Waals surface area contributed by atoms with E-state index in [4.69, 9.17) is 14.5 Å². The zero-order valence-electron chi connectivity index (χ0n) is 37.5. The van der Waals surface area contributed by atoms with Crippen molar-refractivity contribution in [3.8, 4) is 33.6 Å². The minimum Gasteiger partial charge on any atom is -0.453 e. The lowest BCUT2D eigenvalue weighted by Crippen LogP contribution is -2.51. The third-order valence-electron chi connectivity index (χ3n) is 12.0. The summed E-state index contributed by atoms with van der Waals surface area (Å²) in [5.74, 6) is 0.899. The number of likely N-dealkylation sites (tertiary alicyclic amines) is 2. The van der Waals surface area contributed by atoms with Crippen LogP contribution in [-0.2, 0) is 32.0 Å². The van der Waals surface area contributed by atoms with Gasteiger partial charge in [0.05, 0.1) is 50.1 Å². The highest BCUT2D eigenvalue weighted by Crippen LogP contribution is 2.35. The fourth-order valence-electron chi connectivity index (χ4n) is 8.53. The van der Waals surface area contributed by atoms with E-state index in [1.807, 2.05) is 69.3 Å². The molecule has 2 aromatic heterocycles. The van der Waals surface area contributed by atoms with Crippen molar-refractivity contribution >= 4 is 30.0 Å². The number of nitrogens with one attached hydrogen (secondary N) is 6. The van der Waals surface area contributed by atoms with Crippen LogP contribution in [0.1, 0.15) is 81.3 Å². The van der Waals surface area contributed by atoms with Crippen LogP contribution in [0.25, 0.3) is 33.6 Å². The number of amides is 6. The van der Waals surface area contributed by atoms with E-state index in [0.29, 0.717) is 37.8 Å². The highest BCUT2D eigenvalue weighted by atomic mass is 16.5. The molecule has 4 heterocycles. The van der Waals surface area contributed by atoms with Gasteiger partial charge in [-0.2, -0.15) is 0 Å². The number of alkyl carbamates (subject to hydrolysis) is 2. The summed E-state index contributed by atoms with van der Waals surface area (Å²) in [6.45, 7) is 7.64. The number of benzene rings is 3. The molecule has 7 rings (SSSR count). The van der Waals surface area contributed by atoms with E-state index in [1.54, 1.807) is 22.2 Å². The largest absolute Gasteiger partial charge is 0.453 e. The first-order chi connectivity index (χ1) is 31.5. The number of methoxy groups -OCH3 is 2. The molecule has 65 heavy (non-hydrogen) atoms. The smallest absolute Gasteiger partial charge is 0.407 e. The van der Waals surface area contributed by atoms with Crippen molar-refractivity contribution in [2.24, 2.45) is 5.92 Å². The number of carbonyl (C=O) groups is 5. The maximum Gasteiger partial charge on any atom is 0.407 e. The van der Waals surface area contributed by atoms with Crippen LogP contribution in [0.3, 0.4) is 0 Å². The Hall–Kier alpha value is -7.17. The summed E-state index contributed by atoms with van der Waals surface area (Å²) in [7, 11) is 2.56. The minimum atomic E-state index is -0.864. The van der Waals surface area contributed by atoms with Gasteiger partial charge in [0.15, 0.2) is 0 Å². The Morgan fingerprint density at radius 3 is 1.63 bits per heavy atom. The lowest BCUT2D eigenvalue weighted by molar-refractivity contribution is -0.135. The van der Waals surface area contributed by atoms with Crippen molar-refractivity contribution < 1.29 is 33.4 Å². The SMILES string of the molecule is CCNC(=O)NCc1ccc(C[C@H](NC(=O)OC)C(=O)N2CCC[C@H]2c2ncc(-c3ccc(-c4ccc(-c5cnc([C@@H]6CCCN6C(=O)[C@@H](NC(=O)OC)C(C)C)[nH]5)cc4)cc3)[nH]2)cc1. The zero-order chi connectivity index (χ0) is 46.0. The Kier molecular flexibility index (Phi) is 14.8. The second kappa shape index (κ2) is 21.0. The van der Waals surface area contributed by atoms with Gasteiger partial charge >= 0.3 is 18.2 Å². The summed E-state index contributed by atoms with van der Waals surface area (Å²) in [6, 6.07) is 21.6. The third kappa shape index (κ3) is 11.0. The van der Waals surface area contributed by atoms with Gasteiger partial charge in [-0.1, -0.05) is 86.6 Å². The quantitative estimate of drug-likeness (QED) is 0.0665. The number of nitrogens with zero attached hydrogens (tertiary/aromatic N) is 4. The molecule has 0 saturated carbocycles. The Morgan fingerprint density at radius 1 is 0.662 bits per heavy atom. The summed E-state index contributed by atoms with van der Waals surface area (Å²) < 4.78 is 9.65. The van der Waals surface area contributed by atoms with E-state index in [1.165, 1.54) is 14.2 Å². The molecule has 6 amide bonds. The molecule has 5 aromatic rings. The molecule has 2 saturated heterocycles. The minimum absolute atomic E-state index is 0.116. The van der Waals surface area contributed by atoms with Crippen LogP contribution in [0.5, 0.6) is 0 Å². The summed E-state index contributed by atoms with van der Waals surface area (Å²) in [6.07, 6.45) is 5.63. The molecule has 2 aliphatic heterocycles. The highest BCUT2D eigenvalue weighted by Gasteiger charge is 2.38. The topological polar surface area (TPSA) is 216 Å². The van der Waals surface area contributed by atoms with Gasteiger partial charge in [0.2, 0.25) is 11.8 Å². The monoisotopic (exact) mass is 886 g/mol. The molecule has 4 atom stereocenters. The molecule has 0 radical (unpaired) electrons. The number of imidazole rings is 2. The number of aromatic amines is 2. The lowest BCUT2D eigenvalue weighted by atomic mass is 10.0. The molecule has 17 heteroatoms. The van der Waals surface area contributed by atoms with Gasteiger partial charge in [0.25, 0.3) is 0 Å². The van der Waals surface area contributed by atoms with Crippen LogP contribution >= 0.6 is 0 Å². The zero-order valence-corrected chi connectivity index (χ0v) is 37.5. The van der Waals surface area contributed by atoms with E-state index in [0.717, 1.165) is 70.5 Å². The molecule has 0 unspecified atom stereocenters. The highest BCUT2D eigenvalue weighted by molar-refractivity contribution is 5.87. The Bertz CT molecular complexity index is 2430. The van der Waals surface area contributed by atoms with E-state index >= 15 is 0 Å². The Balaban J connectivity index is 0.980. The van der Waals surface area contributed by atoms with Gasteiger partial charge in [-0.15, -0.1) is 0 Å². The predicted octanol–water partition coefficient (Wildman–Crippen LogP) is 6.63. The average Bonchev–Trinajstić information content (AvgIpc) is 4.17. The molecule has 2 aliphatic rings. The summed E-state index contributed by atoms with van der Waals surface area (Å²) in [5, 5.41) is 10.9. The maximum absolute atomic E-state index is 14.1. The lowest BCUT2D eigenvalue weighted by Gasteiger charge is -2.30. The van der Waals surface area contributed by atoms with E-state index in [2.05, 4.69) is 60.5 Å². The fourth-order valence-corrected chi connectivity index (χ4v) is 8.53. The first-order valence-electron chi connectivity index (χ1n) is 22.2. The van der Waals surface area contributed by atoms with Crippen molar-refractivity contribution in [2.45, 2.75) is 83.6 Å². The van der Waals surface area contributed by atoms with Gasteiger partial charge in [0.1, 0.15) is 23.7 Å². The Morgan fingerprint density at radius 2 is 1.14 bits per heavy atom. The molecule has 17 nitrogen and oxygen atoms in total. The number of urea groups is 1. The van der Waals surface area contributed by atoms with Crippen LogP contribution in [0.15, 0.2) is 85.2 Å². The first-order valence-corrected chi connectivity index (χ1v) is 22.2. The van der Waals surface area contributed by atoms with Crippen molar-refractivity contribution in [1.82, 2.24) is 51.0 Å². The standard InChI is InChI=1S/C48H58N10O7/c1-6-49-46(61)52-26-31-13-11-30(12-14-31)25-36(55-47(62)64-4)44(59)57-23-7-9-39(57)42-50-27-37(53-42)34-19-15-32(16-20-34)33-17-21-35(22-18-33)38-28-51-43(54-38)40-10-8-24-58(40)45(60)41(29(2)3)56-48(63)65-5/h11-22,27-29,36,39-41H,6-10,23-26H2,1-5H3,(H,50,53)(H,51,54)(H,55,62)(H,56,63)(H2,49,52,61)/t36-,39-,40-,41-/m0/s1. The van der Waals surface area contributed by atoms with Crippen LogP contribution < -0.4 is 21.3 Å². The van der Waals surface area contributed by atoms with Gasteiger partial charge in [-0.3, -0.25) is 9.59 Å². The number of rotatable bonds is 15.